The molecule has 1 saturated heterocycles. The lowest BCUT2D eigenvalue weighted by Gasteiger charge is -2.37. The zero-order chi connectivity index (χ0) is 13.4. The molecule has 0 spiro atoms. The third-order valence-electron chi connectivity index (χ3n) is 4.07. The molecule has 0 saturated carbocycles. The summed E-state index contributed by atoms with van der Waals surface area (Å²) in [7, 11) is 2.11. The minimum Gasteiger partial charge on any atom is -0.361 e. The summed E-state index contributed by atoms with van der Waals surface area (Å²) in [4.78, 5) is 20.1. The minimum absolute atomic E-state index is 0.144. The number of aromatic nitrogens is 1. The number of hydrogen-bond acceptors (Lipinski definition) is 2. The van der Waals surface area contributed by atoms with E-state index in [0.29, 0.717) is 6.04 Å². The lowest BCUT2D eigenvalue weighted by molar-refractivity contribution is 0.0574. The van der Waals surface area contributed by atoms with Gasteiger partial charge in [-0.1, -0.05) is 6.07 Å². The van der Waals surface area contributed by atoms with E-state index in [1.807, 2.05) is 35.4 Å². The molecular formula is C15H19N3O. The molecule has 2 aromatic rings. The number of nitrogens with one attached hydrogen (secondary N) is 1. The highest BCUT2D eigenvalue weighted by atomic mass is 16.2. The average molecular weight is 257 g/mol. The van der Waals surface area contributed by atoms with Crippen LogP contribution in [0.1, 0.15) is 17.3 Å². The van der Waals surface area contributed by atoms with E-state index in [4.69, 9.17) is 0 Å². The minimum atomic E-state index is 0.144. The summed E-state index contributed by atoms with van der Waals surface area (Å²) < 4.78 is 0. The molecular weight excluding hydrogens is 238 g/mol. The van der Waals surface area contributed by atoms with Gasteiger partial charge in [0.2, 0.25) is 0 Å². The van der Waals surface area contributed by atoms with E-state index >= 15 is 0 Å². The molecule has 0 aliphatic carbocycles. The quantitative estimate of drug-likeness (QED) is 0.848. The van der Waals surface area contributed by atoms with Gasteiger partial charge in [0.05, 0.1) is 0 Å². The molecule has 1 aliphatic rings. The molecule has 1 aromatic heterocycles. The molecule has 1 fully saturated rings. The molecule has 1 aliphatic heterocycles. The molecule has 1 N–H and O–H groups in total. The molecule has 0 radical (unpaired) electrons. The summed E-state index contributed by atoms with van der Waals surface area (Å²) >= 11 is 0. The summed E-state index contributed by atoms with van der Waals surface area (Å²) in [6.07, 6.45) is 1.88. The molecule has 1 amide bonds. The fourth-order valence-corrected chi connectivity index (χ4v) is 2.68. The van der Waals surface area contributed by atoms with Crippen molar-refractivity contribution in [2.45, 2.75) is 13.0 Å². The Kier molecular flexibility index (Phi) is 3.03. The topological polar surface area (TPSA) is 39.3 Å². The van der Waals surface area contributed by atoms with Crippen molar-refractivity contribution in [3.63, 3.8) is 0 Å². The highest BCUT2D eigenvalue weighted by Crippen LogP contribution is 2.20. The van der Waals surface area contributed by atoms with E-state index in [0.717, 1.165) is 36.1 Å². The van der Waals surface area contributed by atoms with Crippen molar-refractivity contribution in [3.8, 4) is 0 Å². The van der Waals surface area contributed by atoms with E-state index in [-0.39, 0.29) is 5.91 Å². The molecule has 3 rings (SSSR count). The maximum atomic E-state index is 12.7. The second kappa shape index (κ2) is 4.70. The van der Waals surface area contributed by atoms with Crippen LogP contribution in [0.5, 0.6) is 0 Å². The monoisotopic (exact) mass is 257 g/mol. The van der Waals surface area contributed by atoms with Gasteiger partial charge in [-0.2, -0.15) is 0 Å². The maximum absolute atomic E-state index is 12.7. The van der Waals surface area contributed by atoms with Crippen LogP contribution in [-0.2, 0) is 0 Å². The number of aromatic amines is 1. The van der Waals surface area contributed by atoms with Crippen molar-refractivity contribution in [2.75, 3.05) is 26.7 Å². The largest absolute Gasteiger partial charge is 0.361 e. The lowest BCUT2D eigenvalue weighted by Crippen LogP contribution is -2.52. The number of fused-ring (bicyclic) bond motifs is 1. The van der Waals surface area contributed by atoms with Crippen LogP contribution in [0.15, 0.2) is 30.5 Å². The van der Waals surface area contributed by atoms with Crippen molar-refractivity contribution >= 4 is 16.8 Å². The number of piperazine rings is 1. The second-order valence-electron chi connectivity index (χ2n) is 5.33. The van der Waals surface area contributed by atoms with E-state index in [2.05, 4.69) is 23.9 Å². The predicted octanol–water partition coefficient (Wildman–Crippen LogP) is 1.94. The van der Waals surface area contributed by atoms with Crippen LogP contribution in [0.3, 0.4) is 0 Å². The fraction of sp³-hybridized carbons (Fsp3) is 0.400. The summed E-state index contributed by atoms with van der Waals surface area (Å²) in [5, 5.41) is 1.01. The third kappa shape index (κ3) is 2.12. The van der Waals surface area contributed by atoms with Gasteiger partial charge in [-0.25, -0.2) is 0 Å². The van der Waals surface area contributed by atoms with Crippen molar-refractivity contribution in [3.05, 3.63) is 36.0 Å². The Morgan fingerprint density at radius 3 is 2.95 bits per heavy atom. The van der Waals surface area contributed by atoms with Crippen molar-refractivity contribution in [2.24, 2.45) is 0 Å². The van der Waals surface area contributed by atoms with Gasteiger partial charge in [0, 0.05) is 48.3 Å². The van der Waals surface area contributed by atoms with E-state index < -0.39 is 0 Å². The van der Waals surface area contributed by atoms with Gasteiger partial charge in [0.1, 0.15) is 0 Å². The number of benzene rings is 1. The zero-order valence-corrected chi connectivity index (χ0v) is 11.4. The first-order chi connectivity index (χ1) is 9.16. The standard InChI is InChI=1S/C15H19N3O/c1-11-10-18(9-8-17(11)2)15(19)13-4-3-5-14-12(13)6-7-16-14/h3-7,11,16H,8-10H2,1-2H3. The van der Waals surface area contributed by atoms with Crippen molar-refractivity contribution < 1.29 is 4.79 Å². The van der Waals surface area contributed by atoms with Crippen LogP contribution < -0.4 is 0 Å². The maximum Gasteiger partial charge on any atom is 0.254 e. The predicted molar refractivity (Wildman–Crippen MR) is 76.3 cm³/mol. The molecule has 1 aromatic carbocycles. The van der Waals surface area contributed by atoms with Gasteiger partial charge in [0.15, 0.2) is 0 Å². The van der Waals surface area contributed by atoms with E-state index in [9.17, 15) is 4.79 Å². The average Bonchev–Trinajstić information content (AvgIpc) is 2.89. The molecule has 19 heavy (non-hydrogen) atoms. The van der Waals surface area contributed by atoms with E-state index in [1.54, 1.807) is 0 Å². The highest BCUT2D eigenvalue weighted by molar-refractivity contribution is 6.06. The summed E-state index contributed by atoms with van der Waals surface area (Å²) in [6, 6.07) is 8.25. The van der Waals surface area contributed by atoms with Gasteiger partial charge in [-0.15, -0.1) is 0 Å². The number of nitrogens with zero attached hydrogens (tertiary/aromatic N) is 2. The summed E-state index contributed by atoms with van der Waals surface area (Å²) in [5.41, 5.74) is 1.82. The summed E-state index contributed by atoms with van der Waals surface area (Å²) in [5.74, 6) is 0.144. The number of carbonyl (C=O) groups excluding carboxylic acids is 1. The Morgan fingerprint density at radius 2 is 2.16 bits per heavy atom. The zero-order valence-electron chi connectivity index (χ0n) is 11.4. The molecule has 100 valence electrons. The lowest BCUT2D eigenvalue weighted by atomic mass is 10.1. The van der Waals surface area contributed by atoms with Crippen LogP contribution in [0.4, 0.5) is 0 Å². The fourth-order valence-electron chi connectivity index (χ4n) is 2.68. The molecule has 0 bridgehead atoms. The number of likely N-dealkylation sites (N-methyl/N-ethyl adjacent to an activating group) is 1. The van der Waals surface area contributed by atoms with Gasteiger partial charge < -0.3 is 14.8 Å². The van der Waals surface area contributed by atoms with Crippen LogP contribution in [0.25, 0.3) is 10.9 Å². The molecule has 2 heterocycles. The smallest absolute Gasteiger partial charge is 0.254 e. The number of carbonyl (C=O) groups is 1. The van der Waals surface area contributed by atoms with E-state index in [1.165, 1.54) is 0 Å². The molecule has 4 heteroatoms. The Balaban J connectivity index is 1.90. The molecule has 1 unspecified atom stereocenters. The first-order valence-corrected chi connectivity index (χ1v) is 6.72. The highest BCUT2D eigenvalue weighted by Gasteiger charge is 2.25. The molecule has 4 nitrogen and oxygen atoms in total. The second-order valence-corrected chi connectivity index (χ2v) is 5.33. The number of H-pyrrole nitrogens is 1. The van der Waals surface area contributed by atoms with Crippen LogP contribution in [0.2, 0.25) is 0 Å². The Morgan fingerprint density at radius 1 is 1.32 bits per heavy atom. The Labute approximate surface area is 113 Å². The first kappa shape index (κ1) is 12.2. The normalized spacial score (nSPS) is 20.9. The number of rotatable bonds is 1. The van der Waals surface area contributed by atoms with Gasteiger partial charge in [0.25, 0.3) is 5.91 Å². The Hall–Kier alpha value is -1.81. The molecule has 1 atom stereocenters. The van der Waals surface area contributed by atoms with Crippen molar-refractivity contribution in [1.29, 1.82) is 0 Å². The van der Waals surface area contributed by atoms with Gasteiger partial charge in [-0.05, 0) is 32.2 Å². The first-order valence-electron chi connectivity index (χ1n) is 6.72. The SMILES string of the molecule is CC1CN(C(=O)c2cccc3[nH]ccc23)CCN1C. The van der Waals surface area contributed by atoms with Crippen LogP contribution in [0, 0.1) is 0 Å². The van der Waals surface area contributed by atoms with Gasteiger partial charge >= 0.3 is 0 Å². The van der Waals surface area contributed by atoms with Crippen LogP contribution >= 0.6 is 0 Å². The van der Waals surface area contributed by atoms with Gasteiger partial charge in [-0.3, -0.25) is 4.79 Å². The summed E-state index contributed by atoms with van der Waals surface area (Å²) in [6.45, 7) is 4.71. The van der Waals surface area contributed by atoms with Crippen LogP contribution in [-0.4, -0.2) is 53.4 Å². The third-order valence-corrected chi connectivity index (χ3v) is 4.07. The number of hydrogen-bond donors (Lipinski definition) is 1. The number of amides is 1. The van der Waals surface area contributed by atoms with Crippen molar-refractivity contribution in [1.82, 2.24) is 14.8 Å². The Bertz CT molecular complexity index is 604.